The summed E-state index contributed by atoms with van der Waals surface area (Å²) in [6.45, 7) is 0.108. The molecule has 3 rings (SSSR count). The molecule has 11 heteroatoms. The van der Waals surface area contributed by atoms with E-state index in [1.165, 1.54) is 22.3 Å². The molecule has 2 aromatic rings. The minimum atomic E-state index is -1.01. The Balaban J connectivity index is 1.62. The highest BCUT2D eigenvalue weighted by Gasteiger charge is 2.32. The zero-order valence-corrected chi connectivity index (χ0v) is 18.3. The van der Waals surface area contributed by atoms with E-state index in [1.54, 1.807) is 17.5 Å². The first kappa shape index (κ1) is 23.0. The Morgan fingerprint density at radius 1 is 1.16 bits per heavy atom. The van der Waals surface area contributed by atoms with E-state index in [0.29, 0.717) is 20.4 Å². The number of rotatable bonds is 8. The fourth-order valence-electron chi connectivity index (χ4n) is 2.69. The van der Waals surface area contributed by atoms with E-state index in [0.717, 1.165) is 28.8 Å². The summed E-state index contributed by atoms with van der Waals surface area (Å²) in [5, 5.41) is 12.8. The van der Waals surface area contributed by atoms with Crippen molar-refractivity contribution in [1.82, 2.24) is 10.2 Å². The number of benzene rings is 1. The lowest BCUT2D eigenvalue weighted by Gasteiger charge is -2.13. The largest absolute Gasteiger partial charge is 0.481 e. The van der Waals surface area contributed by atoms with Gasteiger partial charge in [-0.2, -0.15) is 0 Å². The molecule has 1 aromatic heterocycles. The van der Waals surface area contributed by atoms with Crippen molar-refractivity contribution < 1.29 is 28.3 Å². The van der Waals surface area contributed by atoms with Crippen molar-refractivity contribution in [2.24, 2.45) is 0 Å². The Bertz CT molecular complexity index is 1080. The molecule has 0 radical (unpaired) electrons. The zero-order chi connectivity index (χ0) is 22.5. The predicted molar refractivity (Wildman–Crippen MR) is 119 cm³/mol. The maximum Gasteiger partial charge on any atom is 0.305 e. The van der Waals surface area contributed by atoms with E-state index < -0.39 is 17.6 Å². The van der Waals surface area contributed by atoms with Gasteiger partial charge in [-0.15, -0.1) is 11.3 Å². The van der Waals surface area contributed by atoms with Crippen LogP contribution in [0.2, 0.25) is 0 Å². The van der Waals surface area contributed by atoms with Gasteiger partial charge in [0.05, 0.1) is 11.3 Å². The quantitative estimate of drug-likeness (QED) is 0.439. The highest BCUT2D eigenvalue weighted by atomic mass is 32.2. The van der Waals surface area contributed by atoms with Crippen LogP contribution in [0.1, 0.15) is 17.7 Å². The number of carbonyl (C=O) groups is 3. The topological polar surface area (TPSA) is 86.7 Å². The van der Waals surface area contributed by atoms with Crippen LogP contribution in [-0.2, 0) is 14.4 Å². The van der Waals surface area contributed by atoms with E-state index in [9.17, 15) is 23.2 Å². The van der Waals surface area contributed by atoms with Gasteiger partial charge in [-0.1, -0.05) is 30.0 Å². The smallest absolute Gasteiger partial charge is 0.305 e. The third-order valence-electron chi connectivity index (χ3n) is 4.24. The molecule has 0 atom stereocenters. The molecule has 162 valence electrons. The van der Waals surface area contributed by atoms with E-state index in [4.69, 9.17) is 17.3 Å². The lowest BCUT2D eigenvalue weighted by atomic mass is 10.1. The van der Waals surface area contributed by atoms with Crippen LogP contribution < -0.4 is 5.32 Å². The maximum atomic E-state index is 13.5. The second-order valence-electron chi connectivity index (χ2n) is 6.44. The highest BCUT2D eigenvalue weighted by Crippen LogP contribution is 2.35. The number of carboxylic acids is 1. The molecule has 1 aliphatic heterocycles. The summed E-state index contributed by atoms with van der Waals surface area (Å²) in [5.74, 6) is -3.55. The summed E-state index contributed by atoms with van der Waals surface area (Å²) >= 11 is 7.70. The van der Waals surface area contributed by atoms with Crippen LogP contribution in [0, 0.1) is 11.6 Å². The normalized spacial score (nSPS) is 15.0. The number of hydrogen-bond donors (Lipinski definition) is 2. The lowest BCUT2D eigenvalue weighted by molar-refractivity contribution is -0.137. The number of thiocarbonyl (C=S) groups is 1. The fourth-order valence-corrected chi connectivity index (χ4v) is 4.91. The van der Waals surface area contributed by atoms with Crippen LogP contribution in [0.15, 0.2) is 34.6 Å². The maximum absolute atomic E-state index is 13.5. The predicted octanol–water partition coefficient (Wildman–Crippen LogP) is 3.88. The molecular weight excluding hydrogens is 466 g/mol. The zero-order valence-electron chi connectivity index (χ0n) is 15.9. The molecular formula is C20H16F2N2O4S3. The first-order chi connectivity index (χ1) is 14.7. The molecule has 1 saturated heterocycles. The number of thioether (sulfide) groups is 1. The van der Waals surface area contributed by atoms with Crippen molar-refractivity contribution in [3.05, 3.63) is 51.1 Å². The summed E-state index contributed by atoms with van der Waals surface area (Å²) < 4.78 is 26.9. The second kappa shape index (κ2) is 10.1. The molecule has 1 fully saturated rings. The average molecular weight is 483 g/mol. The van der Waals surface area contributed by atoms with Gasteiger partial charge in [-0.05, 0) is 40.8 Å². The molecule has 0 unspecified atom stereocenters. The summed E-state index contributed by atoms with van der Waals surface area (Å²) in [6, 6.07) is 5.41. The third-order valence-corrected chi connectivity index (χ3v) is 6.50. The van der Waals surface area contributed by atoms with Crippen LogP contribution in [0.25, 0.3) is 17.2 Å². The van der Waals surface area contributed by atoms with E-state index in [2.05, 4.69) is 5.32 Å². The first-order valence-corrected chi connectivity index (χ1v) is 11.1. The molecule has 0 saturated carbocycles. The van der Waals surface area contributed by atoms with Crippen molar-refractivity contribution in [1.29, 1.82) is 0 Å². The molecule has 31 heavy (non-hydrogen) atoms. The van der Waals surface area contributed by atoms with Gasteiger partial charge in [0.15, 0.2) is 11.6 Å². The number of hydrogen-bond acceptors (Lipinski definition) is 6. The number of thiophene rings is 1. The Morgan fingerprint density at radius 3 is 2.65 bits per heavy atom. The van der Waals surface area contributed by atoms with Gasteiger partial charge in [-0.3, -0.25) is 19.3 Å². The van der Waals surface area contributed by atoms with Crippen molar-refractivity contribution >= 4 is 63.5 Å². The van der Waals surface area contributed by atoms with Crippen LogP contribution in [0.4, 0.5) is 8.78 Å². The number of nitrogens with one attached hydrogen (secondary N) is 1. The first-order valence-electron chi connectivity index (χ1n) is 9.02. The van der Waals surface area contributed by atoms with Crippen molar-refractivity contribution in [2.45, 2.75) is 12.8 Å². The van der Waals surface area contributed by atoms with Crippen molar-refractivity contribution in [3.63, 3.8) is 0 Å². The second-order valence-corrected chi connectivity index (χ2v) is 9.06. The van der Waals surface area contributed by atoms with Crippen molar-refractivity contribution in [3.8, 4) is 11.1 Å². The fraction of sp³-hybridized carbons (Fsp3) is 0.200. The Morgan fingerprint density at radius 2 is 1.94 bits per heavy atom. The monoisotopic (exact) mass is 482 g/mol. The number of halogens is 2. The van der Waals surface area contributed by atoms with E-state index in [-0.39, 0.29) is 37.7 Å². The van der Waals surface area contributed by atoms with Gasteiger partial charge >= 0.3 is 5.97 Å². The van der Waals surface area contributed by atoms with Crippen LogP contribution in [-0.4, -0.2) is 45.2 Å². The minimum Gasteiger partial charge on any atom is -0.481 e. The summed E-state index contributed by atoms with van der Waals surface area (Å²) in [6.07, 6.45) is 1.49. The average Bonchev–Trinajstić information content (AvgIpc) is 3.27. The third kappa shape index (κ3) is 5.96. The summed E-state index contributed by atoms with van der Waals surface area (Å²) in [5.41, 5.74) is 1.22. The number of amides is 2. The molecule has 0 aliphatic carbocycles. The number of aliphatic carboxylic acids is 1. The van der Waals surface area contributed by atoms with Crippen LogP contribution in [0.5, 0.6) is 0 Å². The SMILES string of the molecule is O=C(O)CCNC(=O)CCN1C(=O)C(=Cc2cc(-c3ccc(F)c(F)c3)cs2)SC1=S. The lowest BCUT2D eigenvalue weighted by Crippen LogP contribution is -2.34. The molecule has 0 spiro atoms. The minimum absolute atomic E-state index is 0.00137. The molecule has 2 amide bonds. The standard InChI is InChI=1S/C20H16F2N2O4S3/c21-14-2-1-11(8-15(14)22)12-7-13(30-10-12)9-16-19(28)24(20(29)31-16)6-4-17(25)23-5-3-18(26)27/h1-2,7-10H,3-6H2,(H,23,25)(H,26,27). The van der Waals surface area contributed by atoms with Crippen LogP contribution in [0.3, 0.4) is 0 Å². The molecule has 1 aromatic carbocycles. The van der Waals surface area contributed by atoms with E-state index in [1.807, 2.05) is 0 Å². The molecule has 2 heterocycles. The van der Waals surface area contributed by atoms with Gasteiger partial charge in [0, 0.05) is 24.4 Å². The van der Waals surface area contributed by atoms with E-state index >= 15 is 0 Å². The number of carboxylic acid groups (broad SMARTS) is 1. The molecule has 0 bridgehead atoms. The van der Waals surface area contributed by atoms with Gasteiger partial charge in [0.2, 0.25) is 5.91 Å². The van der Waals surface area contributed by atoms with Gasteiger partial charge in [0.25, 0.3) is 5.91 Å². The molecule has 6 nitrogen and oxygen atoms in total. The van der Waals surface area contributed by atoms with Gasteiger partial charge < -0.3 is 10.4 Å². The molecule has 1 aliphatic rings. The number of nitrogens with zero attached hydrogens (tertiary/aromatic N) is 1. The van der Waals surface area contributed by atoms with Crippen molar-refractivity contribution in [2.75, 3.05) is 13.1 Å². The number of carbonyl (C=O) groups excluding carboxylic acids is 2. The van der Waals surface area contributed by atoms with Gasteiger partial charge in [-0.25, -0.2) is 8.78 Å². The Kier molecular flexibility index (Phi) is 7.52. The Hall–Kier alpha value is -2.63. The van der Waals surface area contributed by atoms with Crippen LogP contribution >= 0.6 is 35.3 Å². The summed E-state index contributed by atoms with van der Waals surface area (Å²) in [7, 11) is 0. The summed E-state index contributed by atoms with van der Waals surface area (Å²) in [4.78, 5) is 37.4. The molecule has 2 N–H and O–H groups in total. The Labute approximate surface area is 189 Å². The highest BCUT2D eigenvalue weighted by molar-refractivity contribution is 8.26. The van der Waals surface area contributed by atoms with Gasteiger partial charge in [0.1, 0.15) is 4.32 Å².